The van der Waals surface area contributed by atoms with Crippen LogP contribution < -0.4 is 20.1 Å². The zero-order valence-corrected chi connectivity index (χ0v) is 23.9. The van der Waals surface area contributed by atoms with Crippen LogP contribution in [-0.4, -0.2) is 48.2 Å². The molecule has 4 rings (SSSR count). The maximum absolute atomic E-state index is 14.9. The van der Waals surface area contributed by atoms with Crippen LogP contribution >= 0.6 is 0 Å². The molecule has 0 heterocycles. The average Bonchev–Trinajstić information content (AvgIpc) is 3.47. The number of benzene rings is 1. The standard InChI is InChI=1S/C30H43FN2O6/c1-16(29(2,3)4)32-27(35)24-17-7-8-18(13-17)25(24)33-26(34)20-14-23(21(31)15-22(20)38-6)39-19-9-11-30(5,12-10-19)28(36)37/h14-19,24-25H,7-13H2,1-6H3,(H,32,35)(H,33,34)(H,36,37)/t16-,17+,18-,19-,24-,25+,30+/m0/s1. The van der Waals surface area contributed by atoms with Crippen molar-refractivity contribution in [3.05, 3.63) is 23.5 Å². The van der Waals surface area contributed by atoms with Crippen LogP contribution in [0.5, 0.6) is 11.5 Å². The van der Waals surface area contributed by atoms with E-state index in [0.717, 1.165) is 25.3 Å². The molecule has 39 heavy (non-hydrogen) atoms. The van der Waals surface area contributed by atoms with Gasteiger partial charge in [-0.15, -0.1) is 0 Å². The second-order valence-corrected chi connectivity index (χ2v) is 13.1. The molecule has 3 aliphatic rings. The number of aliphatic carboxylic acids is 1. The van der Waals surface area contributed by atoms with Gasteiger partial charge in [0.05, 0.1) is 30.1 Å². The SMILES string of the molecule is COc1cc(F)c(O[C@H]2CC[C@@](C)(C(=O)O)CC2)cc1C(=O)N[C@@H]1[C@H]2CC[C@H](C2)[C@@H]1C(=O)N[C@@H](C)C(C)(C)C. The fourth-order valence-electron chi connectivity index (χ4n) is 6.34. The summed E-state index contributed by atoms with van der Waals surface area (Å²) in [5.74, 6) is -1.80. The number of amides is 2. The summed E-state index contributed by atoms with van der Waals surface area (Å²) in [6, 6.07) is 2.17. The minimum Gasteiger partial charge on any atom is -0.496 e. The monoisotopic (exact) mass is 546 g/mol. The summed E-state index contributed by atoms with van der Waals surface area (Å²) in [4.78, 5) is 38.5. The highest BCUT2D eigenvalue weighted by molar-refractivity contribution is 5.98. The van der Waals surface area contributed by atoms with Crippen molar-refractivity contribution in [3.63, 3.8) is 0 Å². The molecule has 3 fully saturated rings. The summed E-state index contributed by atoms with van der Waals surface area (Å²) in [6.07, 6.45) is 4.30. The number of fused-ring (bicyclic) bond motifs is 2. The summed E-state index contributed by atoms with van der Waals surface area (Å²) < 4.78 is 26.2. The Morgan fingerprint density at radius 1 is 1.08 bits per heavy atom. The van der Waals surface area contributed by atoms with Crippen molar-refractivity contribution in [2.24, 2.45) is 28.6 Å². The Balaban J connectivity index is 1.50. The van der Waals surface area contributed by atoms with Crippen molar-refractivity contribution in [2.45, 2.75) is 97.8 Å². The lowest BCUT2D eigenvalue weighted by Gasteiger charge is -2.34. The lowest BCUT2D eigenvalue weighted by molar-refractivity contribution is -0.150. The lowest BCUT2D eigenvalue weighted by Crippen LogP contribution is -2.52. The third kappa shape index (κ3) is 6.02. The molecule has 3 N–H and O–H groups in total. The number of carbonyl (C=O) groups excluding carboxylic acids is 2. The Morgan fingerprint density at radius 2 is 1.72 bits per heavy atom. The van der Waals surface area contributed by atoms with Gasteiger partial charge in [-0.25, -0.2) is 4.39 Å². The van der Waals surface area contributed by atoms with Gasteiger partial charge in [-0.3, -0.25) is 14.4 Å². The molecule has 3 saturated carbocycles. The largest absolute Gasteiger partial charge is 0.496 e. The molecule has 0 aromatic heterocycles. The van der Waals surface area contributed by atoms with Crippen molar-refractivity contribution in [1.29, 1.82) is 0 Å². The average molecular weight is 547 g/mol. The van der Waals surface area contributed by atoms with Crippen molar-refractivity contribution < 1.29 is 33.4 Å². The number of nitrogens with one attached hydrogen (secondary N) is 2. The molecular weight excluding hydrogens is 503 g/mol. The second-order valence-electron chi connectivity index (χ2n) is 13.1. The van der Waals surface area contributed by atoms with Gasteiger partial charge in [0.15, 0.2) is 11.6 Å². The molecule has 0 radical (unpaired) electrons. The molecular formula is C30H43FN2O6. The number of rotatable bonds is 8. The van der Waals surface area contributed by atoms with Crippen LogP contribution in [0.1, 0.15) is 89.9 Å². The normalized spacial score (nSPS) is 30.9. The molecule has 216 valence electrons. The van der Waals surface area contributed by atoms with Gasteiger partial charge in [-0.2, -0.15) is 0 Å². The third-order valence-corrected chi connectivity index (χ3v) is 9.52. The van der Waals surface area contributed by atoms with Crippen LogP contribution in [0, 0.1) is 34.4 Å². The van der Waals surface area contributed by atoms with Crippen molar-refractivity contribution in [1.82, 2.24) is 10.6 Å². The van der Waals surface area contributed by atoms with Crippen LogP contribution in [0.4, 0.5) is 4.39 Å². The van der Waals surface area contributed by atoms with E-state index in [1.54, 1.807) is 6.92 Å². The van der Waals surface area contributed by atoms with E-state index < -0.39 is 23.1 Å². The quantitative estimate of drug-likeness (QED) is 0.426. The molecule has 2 amide bonds. The van der Waals surface area contributed by atoms with E-state index >= 15 is 0 Å². The molecule has 0 spiro atoms. The maximum Gasteiger partial charge on any atom is 0.309 e. The number of carboxylic acids is 1. The molecule has 0 saturated heterocycles. The second kappa shape index (κ2) is 11.0. The molecule has 2 bridgehead atoms. The zero-order valence-electron chi connectivity index (χ0n) is 23.9. The van der Waals surface area contributed by atoms with Gasteiger partial charge in [0.1, 0.15) is 5.75 Å². The first-order valence-corrected chi connectivity index (χ1v) is 14.1. The highest BCUT2D eigenvalue weighted by atomic mass is 19.1. The Kier molecular flexibility index (Phi) is 8.20. The van der Waals surface area contributed by atoms with Gasteiger partial charge in [0, 0.05) is 18.2 Å². The van der Waals surface area contributed by atoms with Gasteiger partial charge in [0.2, 0.25) is 5.91 Å². The molecule has 0 unspecified atom stereocenters. The molecule has 1 aromatic carbocycles. The Bertz CT molecular complexity index is 1110. The van der Waals surface area contributed by atoms with Crippen molar-refractivity contribution in [3.8, 4) is 11.5 Å². The molecule has 1 aromatic rings. The number of hydrogen-bond donors (Lipinski definition) is 3. The van der Waals surface area contributed by atoms with Gasteiger partial charge in [-0.1, -0.05) is 20.8 Å². The van der Waals surface area contributed by atoms with Crippen LogP contribution in [-0.2, 0) is 9.59 Å². The van der Waals surface area contributed by atoms with Crippen LogP contribution in [0.25, 0.3) is 0 Å². The van der Waals surface area contributed by atoms with E-state index in [4.69, 9.17) is 9.47 Å². The zero-order chi connectivity index (χ0) is 28.7. The summed E-state index contributed by atoms with van der Waals surface area (Å²) in [5.41, 5.74) is -0.753. The molecule has 8 nitrogen and oxygen atoms in total. The first-order valence-electron chi connectivity index (χ1n) is 14.1. The van der Waals surface area contributed by atoms with Crippen LogP contribution in [0.15, 0.2) is 12.1 Å². The summed E-state index contributed by atoms with van der Waals surface area (Å²) in [7, 11) is 1.38. The van der Waals surface area contributed by atoms with Crippen LogP contribution in [0.3, 0.4) is 0 Å². The number of carbonyl (C=O) groups is 3. The van der Waals surface area contributed by atoms with E-state index in [1.807, 2.05) is 6.92 Å². The minimum atomic E-state index is -0.837. The molecule has 0 aliphatic heterocycles. The summed E-state index contributed by atoms with van der Waals surface area (Å²) >= 11 is 0. The number of hydrogen-bond acceptors (Lipinski definition) is 5. The summed E-state index contributed by atoms with van der Waals surface area (Å²) in [6.45, 7) is 9.96. The van der Waals surface area contributed by atoms with Gasteiger partial charge in [0.25, 0.3) is 5.91 Å². The fourth-order valence-corrected chi connectivity index (χ4v) is 6.34. The predicted molar refractivity (Wildman–Crippen MR) is 144 cm³/mol. The smallest absolute Gasteiger partial charge is 0.309 e. The predicted octanol–water partition coefficient (Wildman–Crippen LogP) is 4.94. The molecule has 9 heteroatoms. The fraction of sp³-hybridized carbons (Fsp3) is 0.700. The maximum atomic E-state index is 14.9. The van der Waals surface area contributed by atoms with E-state index in [2.05, 4.69) is 31.4 Å². The number of ether oxygens (including phenoxy) is 2. The first-order chi connectivity index (χ1) is 18.2. The number of carboxylic acid groups (broad SMARTS) is 1. The Hall–Kier alpha value is -2.84. The number of halogens is 1. The Morgan fingerprint density at radius 3 is 2.31 bits per heavy atom. The van der Waals surface area contributed by atoms with E-state index in [0.29, 0.717) is 25.7 Å². The number of methoxy groups -OCH3 is 1. The molecule has 5 atom stereocenters. The highest BCUT2D eigenvalue weighted by Gasteiger charge is 2.52. The van der Waals surface area contributed by atoms with Gasteiger partial charge in [-0.05, 0) is 82.1 Å². The van der Waals surface area contributed by atoms with E-state index in [9.17, 15) is 23.9 Å². The minimum absolute atomic E-state index is 0.0227. The molecule has 3 aliphatic carbocycles. The van der Waals surface area contributed by atoms with E-state index in [-0.39, 0.29) is 64.3 Å². The summed E-state index contributed by atoms with van der Waals surface area (Å²) in [5, 5.41) is 15.7. The lowest BCUT2D eigenvalue weighted by atomic mass is 9.75. The Labute approximate surface area is 230 Å². The van der Waals surface area contributed by atoms with E-state index in [1.165, 1.54) is 13.2 Å². The highest BCUT2D eigenvalue weighted by Crippen LogP contribution is 2.49. The topological polar surface area (TPSA) is 114 Å². The third-order valence-electron chi connectivity index (χ3n) is 9.52. The van der Waals surface area contributed by atoms with Gasteiger partial charge >= 0.3 is 5.97 Å². The first kappa shape index (κ1) is 29.2. The van der Waals surface area contributed by atoms with Crippen molar-refractivity contribution in [2.75, 3.05) is 7.11 Å². The van der Waals surface area contributed by atoms with Crippen LogP contribution in [0.2, 0.25) is 0 Å². The van der Waals surface area contributed by atoms with Crippen molar-refractivity contribution >= 4 is 17.8 Å². The van der Waals surface area contributed by atoms with Gasteiger partial charge < -0.3 is 25.2 Å².